The highest BCUT2D eigenvalue weighted by atomic mass is 32.2. The van der Waals surface area contributed by atoms with Gasteiger partial charge in [-0.3, -0.25) is 9.59 Å². The molecule has 2 heterocycles. The highest BCUT2D eigenvalue weighted by Crippen LogP contribution is 2.25. The number of primary amides is 1. The SMILES string of the molecule is NC(=O)c1ccc(-c2nnn(CC(=O)N(c3ccccc3)[C@@H]3CCS(=O)(=O)C3)n2)cc1. The van der Waals surface area contributed by atoms with Crippen molar-refractivity contribution >= 4 is 27.3 Å². The molecule has 4 rings (SSSR count). The van der Waals surface area contributed by atoms with Crippen molar-refractivity contribution in [3.63, 3.8) is 0 Å². The summed E-state index contributed by atoms with van der Waals surface area (Å²) in [5.41, 5.74) is 6.84. The molecule has 0 bridgehead atoms. The van der Waals surface area contributed by atoms with Crippen molar-refractivity contribution in [1.82, 2.24) is 20.2 Å². The normalized spacial score (nSPS) is 17.4. The third kappa shape index (κ3) is 4.61. The van der Waals surface area contributed by atoms with E-state index in [2.05, 4.69) is 15.4 Å². The highest BCUT2D eigenvalue weighted by molar-refractivity contribution is 7.91. The molecule has 11 heteroatoms. The van der Waals surface area contributed by atoms with Crippen LogP contribution in [0.1, 0.15) is 16.8 Å². The number of hydrogen-bond donors (Lipinski definition) is 1. The summed E-state index contributed by atoms with van der Waals surface area (Å²) in [6.07, 6.45) is 0.380. The van der Waals surface area contributed by atoms with Gasteiger partial charge in [-0.2, -0.15) is 4.80 Å². The first-order valence-electron chi connectivity index (χ1n) is 9.58. The van der Waals surface area contributed by atoms with Gasteiger partial charge < -0.3 is 10.6 Å². The average molecular weight is 440 g/mol. The molecule has 2 aromatic carbocycles. The minimum absolute atomic E-state index is 0.0568. The molecule has 2 amide bonds. The molecule has 1 aliphatic rings. The van der Waals surface area contributed by atoms with Gasteiger partial charge in [-0.05, 0) is 35.9 Å². The molecule has 1 atom stereocenters. The number of carbonyl (C=O) groups is 2. The number of nitrogens with two attached hydrogens (primary N) is 1. The molecule has 31 heavy (non-hydrogen) atoms. The minimum Gasteiger partial charge on any atom is -0.366 e. The van der Waals surface area contributed by atoms with E-state index in [1.165, 1.54) is 9.70 Å². The molecule has 160 valence electrons. The van der Waals surface area contributed by atoms with E-state index in [9.17, 15) is 18.0 Å². The molecule has 0 saturated carbocycles. The summed E-state index contributed by atoms with van der Waals surface area (Å²) >= 11 is 0. The number of nitrogens with zero attached hydrogens (tertiary/aromatic N) is 5. The topological polar surface area (TPSA) is 141 Å². The Bertz CT molecular complexity index is 1210. The number of amides is 2. The van der Waals surface area contributed by atoms with E-state index < -0.39 is 21.8 Å². The van der Waals surface area contributed by atoms with Crippen molar-refractivity contribution in [2.75, 3.05) is 16.4 Å². The molecule has 0 spiro atoms. The van der Waals surface area contributed by atoms with Gasteiger partial charge in [0.15, 0.2) is 9.84 Å². The standard InChI is InChI=1S/C20H20N6O4S/c21-19(28)14-6-8-15(9-7-14)20-22-24-25(23-20)12-18(27)26(16-4-2-1-3-5-16)17-10-11-31(29,30)13-17/h1-9,17H,10-13H2,(H2,21,28)/t17-/m1/s1. The number of anilines is 1. The van der Waals surface area contributed by atoms with Crippen molar-refractivity contribution in [1.29, 1.82) is 0 Å². The van der Waals surface area contributed by atoms with Crippen molar-refractivity contribution in [3.8, 4) is 11.4 Å². The lowest BCUT2D eigenvalue weighted by Gasteiger charge is -2.28. The van der Waals surface area contributed by atoms with Crippen LogP contribution in [0.5, 0.6) is 0 Å². The third-order valence-corrected chi connectivity index (χ3v) is 6.78. The lowest BCUT2D eigenvalue weighted by atomic mass is 10.1. The molecule has 2 N–H and O–H groups in total. The monoisotopic (exact) mass is 440 g/mol. The maximum Gasteiger partial charge on any atom is 0.250 e. The van der Waals surface area contributed by atoms with Crippen LogP contribution in [0, 0.1) is 0 Å². The third-order valence-electron chi connectivity index (χ3n) is 5.03. The second-order valence-electron chi connectivity index (χ2n) is 7.24. The Morgan fingerprint density at radius 2 is 1.81 bits per heavy atom. The van der Waals surface area contributed by atoms with Crippen LogP contribution in [0.3, 0.4) is 0 Å². The zero-order valence-corrected chi connectivity index (χ0v) is 17.3. The number of benzene rings is 2. The van der Waals surface area contributed by atoms with Gasteiger partial charge in [-0.25, -0.2) is 8.42 Å². The number of carbonyl (C=O) groups excluding carboxylic acids is 2. The van der Waals surface area contributed by atoms with E-state index >= 15 is 0 Å². The maximum atomic E-state index is 13.1. The van der Waals surface area contributed by atoms with Crippen LogP contribution in [-0.4, -0.2) is 58.0 Å². The quantitative estimate of drug-likeness (QED) is 0.593. The number of aromatic nitrogens is 4. The Hall–Kier alpha value is -3.60. The molecule has 0 aliphatic carbocycles. The first-order chi connectivity index (χ1) is 14.8. The number of hydrogen-bond acceptors (Lipinski definition) is 7. The number of sulfone groups is 1. The Morgan fingerprint density at radius 3 is 2.42 bits per heavy atom. The molecule has 1 saturated heterocycles. The smallest absolute Gasteiger partial charge is 0.250 e. The summed E-state index contributed by atoms with van der Waals surface area (Å²) in [5, 5.41) is 12.1. The summed E-state index contributed by atoms with van der Waals surface area (Å²) in [5.74, 6) is -0.597. The van der Waals surface area contributed by atoms with E-state index in [1.54, 1.807) is 48.5 Å². The van der Waals surface area contributed by atoms with Crippen LogP contribution in [0.25, 0.3) is 11.4 Å². The zero-order valence-electron chi connectivity index (χ0n) is 16.5. The maximum absolute atomic E-state index is 13.1. The second-order valence-corrected chi connectivity index (χ2v) is 9.47. The number of para-hydroxylation sites is 1. The predicted octanol–water partition coefficient (Wildman–Crippen LogP) is 0.659. The first kappa shape index (κ1) is 20.7. The molecule has 0 unspecified atom stereocenters. The Balaban J connectivity index is 1.55. The van der Waals surface area contributed by atoms with Crippen molar-refractivity contribution < 1.29 is 18.0 Å². The lowest BCUT2D eigenvalue weighted by molar-refractivity contribution is -0.120. The fourth-order valence-corrected chi connectivity index (χ4v) is 5.23. The van der Waals surface area contributed by atoms with Crippen molar-refractivity contribution in [2.24, 2.45) is 5.73 Å². The van der Waals surface area contributed by atoms with Crippen LogP contribution < -0.4 is 10.6 Å². The molecule has 1 fully saturated rings. The first-order valence-corrected chi connectivity index (χ1v) is 11.4. The van der Waals surface area contributed by atoms with Gasteiger partial charge >= 0.3 is 0 Å². The second kappa shape index (κ2) is 8.26. The van der Waals surface area contributed by atoms with E-state index in [4.69, 9.17) is 5.73 Å². The Kier molecular flexibility index (Phi) is 5.51. The van der Waals surface area contributed by atoms with Gasteiger partial charge in [-0.1, -0.05) is 30.3 Å². The fraction of sp³-hybridized carbons (Fsp3) is 0.250. The predicted molar refractivity (Wildman–Crippen MR) is 113 cm³/mol. The summed E-state index contributed by atoms with van der Waals surface area (Å²) in [4.78, 5) is 27.0. The van der Waals surface area contributed by atoms with Gasteiger partial charge in [0.25, 0.3) is 5.91 Å². The van der Waals surface area contributed by atoms with Crippen molar-refractivity contribution in [3.05, 3.63) is 60.2 Å². The molecule has 1 aliphatic heterocycles. The molecule has 10 nitrogen and oxygen atoms in total. The van der Waals surface area contributed by atoms with Crippen LogP contribution in [0.2, 0.25) is 0 Å². The van der Waals surface area contributed by atoms with Gasteiger partial charge in [-0.15, -0.1) is 10.2 Å². The highest BCUT2D eigenvalue weighted by Gasteiger charge is 2.35. The largest absolute Gasteiger partial charge is 0.366 e. The number of rotatable bonds is 6. The molecule has 0 radical (unpaired) electrons. The average Bonchev–Trinajstić information content (AvgIpc) is 3.35. The van der Waals surface area contributed by atoms with Gasteiger partial charge in [0, 0.05) is 16.8 Å². The lowest BCUT2D eigenvalue weighted by Crippen LogP contribution is -2.43. The Labute approximate surface area is 178 Å². The number of tetrazole rings is 1. The van der Waals surface area contributed by atoms with E-state index in [0.29, 0.717) is 29.1 Å². The van der Waals surface area contributed by atoms with E-state index in [1.807, 2.05) is 6.07 Å². The van der Waals surface area contributed by atoms with Gasteiger partial charge in [0.1, 0.15) is 6.54 Å². The van der Waals surface area contributed by atoms with Crippen molar-refractivity contribution in [2.45, 2.75) is 19.0 Å². The zero-order chi connectivity index (χ0) is 22.0. The summed E-state index contributed by atoms with van der Waals surface area (Å²) in [6.45, 7) is -0.197. The summed E-state index contributed by atoms with van der Waals surface area (Å²) in [6, 6.07) is 14.9. The van der Waals surface area contributed by atoms with Crippen LogP contribution >= 0.6 is 0 Å². The molecular weight excluding hydrogens is 420 g/mol. The van der Waals surface area contributed by atoms with Gasteiger partial charge in [0.05, 0.1) is 17.5 Å². The Morgan fingerprint density at radius 1 is 1.10 bits per heavy atom. The van der Waals surface area contributed by atoms with Crippen LogP contribution in [0.15, 0.2) is 54.6 Å². The summed E-state index contributed by atoms with van der Waals surface area (Å²) in [7, 11) is -3.17. The minimum atomic E-state index is -3.17. The van der Waals surface area contributed by atoms with E-state index in [0.717, 1.165) is 0 Å². The van der Waals surface area contributed by atoms with Crippen LogP contribution in [-0.2, 0) is 21.2 Å². The van der Waals surface area contributed by atoms with E-state index in [-0.39, 0.29) is 24.0 Å². The van der Waals surface area contributed by atoms with Crippen LogP contribution in [0.4, 0.5) is 5.69 Å². The van der Waals surface area contributed by atoms with Gasteiger partial charge in [0.2, 0.25) is 11.7 Å². The molecular formula is C20H20N6O4S. The summed E-state index contributed by atoms with van der Waals surface area (Å²) < 4.78 is 24.0. The molecule has 1 aromatic heterocycles. The fourth-order valence-electron chi connectivity index (χ4n) is 3.53. The molecule has 3 aromatic rings.